The summed E-state index contributed by atoms with van der Waals surface area (Å²) in [5.74, 6) is -0.760. The minimum absolute atomic E-state index is 0.159. The Kier molecular flexibility index (Phi) is 4.94. The number of pyridine rings is 1. The highest BCUT2D eigenvalue weighted by molar-refractivity contribution is 5.67. The van der Waals surface area contributed by atoms with Gasteiger partial charge >= 0.3 is 5.97 Å². The number of carbonyl (C=O) groups is 1. The summed E-state index contributed by atoms with van der Waals surface area (Å²) in [6, 6.07) is 4.37. The molecule has 0 aliphatic carbocycles. The molecular weight excluding hydrogens is 304 g/mol. The molecule has 0 spiro atoms. The first-order valence-electron chi connectivity index (χ1n) is 8.41. The van der Waals surface area contributed by atoms with Crippen molar-refractivity contribution >= 4 is 5.97 Å². The Labute approximate surface area is 142 Å². The normalized spacial score (nSPS) is 18.2. The van der Waals surface area contributed by atoms with Gasteiger partial charge in [-0.1, -0.05) is 0 Å². The Hall–Kier alpha value is -2.21. The number of aliphatic carboxylic acids is 1. The molecule has 24 heavy (non-hydrogen) atoms. The third kappa shape index (κ3) is 3.82. The zero-order valence-electron chi connectivity index (χ0n) is 14.3. The van der Waals surface area contributed by atoms with Gasteiger partial charge in [-0.15, -0.1) is 0 Å². The van der Waals surface area contributed by atoms with Gasteiger partial charge in [0.15, 0.2) is 0 Å². The molecular formula is C18H24N4O2. The van der Waals surface area contributed by atoms with E-state index in [1.54, 1.807) is 0 Å². The number of imidazole rings is 1. The summed E-state index contributed by atoms with van der Waals surface area (Å²) in [6.45, 7) is 3.89. The van der Waals surface area contributed by atoms with Crippen molar-refractivity contribution in [2.24, 2.45) is 7.05 Å². The first-order chi connectivity index (χ1) is 11.5. The number of hydrogen-bond donors (Lipinski definition) is 1. The molecule has 1 aliphatic rings. The molecule has 1 atom stereocenters. The van der Waals surface area contributed by atoms with Gasteiger partial charge in [-0.05, 0) is 50.4 Å². The second-order valence-corrected chi connectivity index (χ2v) is 6.56. The van der Waals surface area contributed by atoms with Crippen LogP contribution in [0.1, 0.15) is 47.9 Å². The van der Waals surface area contributed by atoms with Crippen LogP contribution in [0, 0.1) is 6.92 Å². The first-order valence-corrected chi connectivity index (χ1v) is 8.41. The molecule has 0 aromatic carbocycles. The fraction of sp³-hybridized carbons (Fsp3) is 0.500. The zero-order valence-corrected chi connectivity index (χ0v) is 14.3. The van der Waals surface area contributed by atoms with E-state index < -0.39 is 5.97 Å². The Bertz CT molecular complexity index is 726. The summed E-state index contributed by atoms with van der Waals surface area (Å²) in [5.41, 5.74) is 4.28. The zero-order chi connectivity index (χ0) is 17.1. The number of likely N-dealkylation sites (tertiary alicyclic amines) is 1. The summed E-state index contributed by atoms with van der Waals surface area (Å²) in [4.78, 5) is 22.2. The third-order valence-corrected chi connectivity index (χ3v) is 4.65. The first kappa shape index (κ1) is 16.6. The number of rotatable bonds is 6. The van der Waals surface area contributed by atoms with Gasteiger partial charge in [0, 0.05) is 31.9 Å². The molecule has 0 saturated carbocycles. The second kappa shape index (κ2) is 7.13. The van der Waals surface area contributed by atoms with Crippen LogP contribution in [0.3, 0.4) is 0 Å². The van der Waals surface area contributed by atoms with Crippen LogP contribution in [-0.4, -0.2) is 37.1 Å². The van der Waals surface area contributed by atoms with Gasteiger partial charge in [-0.25, -0.2) is 4.98 Å². The fourth-order valence-corrected chi connectivity index (χ4v) is 3.43. The minimum atomic E-state index is -0.760. The highest BCUT2D eigenvalue weighted by atomic mass is 16.4. The Morgan fingerprint density at radius 2 is 2.25 bits per heavy atom. The van der Waals surface area contributed by atoms with Crippen molar-refractivity contribution in [3.05, 3.63) is 47.3 Å². The van der Waals surface area contributed by atoms with Gasteiger partial charge in [0.05, 0.1) is 23.8 Å². The fourth-order valence-electron chi connectivity index (χ4n) is 3.43. The van der Waals surface area contributed by atoms with Crippen LogP contribution in [0.2, 0.25) is 0 Å². The maximum Gasteiger partial charge on any atom is 0.303 e. The van der Waals surface area contributed by atoms with E-state index in [9.17, 15) is 4.79 Å². The van der Waals surface area contributed by atoms with Crippen LogP contribution in [0.25, 0.3) is 0 Å². The Morgan fingerprint density at radius 3 is 2.96 bits per heavy atom. The van der Waals surface area contributed by atoms with Gasteiger partial charge in [0.1, 0.15) is 0 Å². The monoisotopic (exact) mass is 328 g/mol. The standard InChI is InChI=1S/C18H24N4O2/c1-13-8-14(5-6-18(23)24)9-16(20-13)17-4-3-7-22(17)11-15-10-19-12-21(15)2/h8-10,12,17H,3-7,11H2,1-2H3,(H,23,24)/t17-/m1/s1. The molecule has 2 aromatic heterocycles. The lowest BCUT2D eigenvalue weighted by atomic mass is 10.0. The molecule has 0 unspecified atom stereocenters. The summed E-state index contributed by atoms with van der Waals surface area (Å²) >= 11 is 0. The number of aromatic nitrogens is 3. The highest BCUT2D eigenvalue weighted by Gasteiger charge is 2.28. The number of aryl methyl sites for hydroxylation is 3. The molecule has 128 valence electrons. The summed E-state index contributed by atoms with van der Waals surface area (Å²) < 4.78 is 2.05. The topological polar surface area (TPSA) is 71.2 Å². The average Bonchev–Trinajstić information content (AvgIpc) is 3.15. The van der Waals surface area contributed by atoms with Crippen molar-refractivity contribution in [2.45, 2.75) is 45.2 Å². The maximum atomic E-state index is 10.8. The van der Waals surface area contributed by atoms with Gasteiger partial charge in [-0.3, -0.25) is 14.7 Å². The molecule has 1 N–H and O–H groups in total. The van der Waals surface area contributed by atoms with Gasteiger partial charge in [0.2, 0.25) is 0 Å². The molecule has 1 aliphatic heterocycles. The number of nitrogens with zero attached hydrogens (tertiary/aromatic N) is 4. The molecule has 0 bridgehead atoms. The summed E-state index contributed by atoms with van der Waals surface area (Å²) in [7, 11) is 2.02. The second-order valence-electron chi connectivity index (χ2n) is 6.56. The largest absolute Gasteiger partial charge is 0.481 e. The van der Waals surface area contributed by atoms with Crippen LogP contribution in [-0.2, 0) is 24.8 Å². The molecule has 3 rings (SSSR count). The van der Waals surface area contributed by atoms with Crippen molar-refractivity contribution in [1.29, 1.82) is 0 Å². The van der Waals surface area contributed by atoms with Crippen molar-refractivity contribution < 1.29 is 9.90 Å². The average molecular weight is 328 g/mol. The van der Waals surface area contributed by atoms with Gasteiger partial charge in [-0.2, -0.15) is 0 Å². The lowest BCUT2D eigenvalue weighted by Gasteiger charge is -2.24. The lowest BCUT2D eigenvalue weighted by molar-refractivity contribution is -0.136. The maximum absolute atomic E-state index is 10.8. The van der Waals surface area contributed by atoms with E-state index in [4.69, 9.17) is 10.1 Å². The number of hydrogen-bond acceptors (Lipinski definition) is 4. The van der Waals surface area contributed by atoms with E-state index in [1.165, 1.54) is 5.69 Å². The van der Waals surface area contributed by atoms with Crippen LogP contribution in [0.5, 0.6) is 0 Å². The van der Waals surface area contributed by atoms with E-state index in [-0.39, 0.29) is 6.42 Å². The number of carboxylic acid groups (broad SMARTS) is 1. The van der Waals surface area contributed by atoms with Crippen molar-refractivity contribution in [1.82, 2.24) is 19.4 Å². The molecule has 3 heterocycles. The third-order valence-electron chi connectivity index (χ3n) is 4.65. The predicted molar refractivity (Wildman–Crippen MR) is 90.5 cm³/mol. The Morgan fingerprint density at radius 1 is 1.42 bits per heavy atom. The molecule has 1 saturated heterocycles. The highest BCUT2D eigenvalue weighted by Crippen LogP contribution is 2.32. The van der Waals surface area contributed by atoms with E-state index in [2.05, 4.69) is 20.5 Å². The molecule has 1 fully saturated rings. The van der Waals surface area contributed by atoms with E-state index in [0.717, 1.165) is 42.9 Å². The summed E-state index contributed by atoms with van der Waals surface area (Å²) in [6.07, 6.45) is 6.70. The SMILES string of the molecule is Cc1cc(CCC(=O)O)cc([C@H]2CCCN2Cc2cncn2C)n1. The van der Waals surface area contributed by atoms with Crippen molar-refractivity contribution in [3.8, 4) is 0 Å². The molecule has 0 radical (unpaired) electrons. The molecule has 2 aromatic rings. The smallest absolute Gasteiger partial charge is 0.303 e. The minimum Gasteiger partial charge on any atom is -0.481 e. The Balaban J connectivity index is 1.78. The summed E-state index contributed by atoms with van der Waals surface area (Å²) in [5, 5.41) is 8.90. The van der Waals surface area contributed by atoms with Crippen molar-refractivity contribution in [3.63, 3.8) is 0 Å². The molecule has 0 amide bonds. The molecule has 6 nitrogen and oxygen atoms in total. The van der Waals surface area contributed by atoms with Crippen LogP contribution in [0.4, 0.5) is 0 Å². The van der Waals surface area contributed by atoms with Crippen molar-refractivity contribution in [2.75, 3.05) is 6.54 Å². The van der Waals surface area contributed by atoms with Crippen LogP contribution >= 0.6 is 0 Å². The van der Waals surface area contributed by atoms with Gasteiger partial charge < -0.3 is 9.67 Å². The molecule has 6 heteroatoms. The van der Waals surface area contributed by atoms with Crippen LogP contribution in [0.15, 0.2) is 24.7 Å². The quantitative estimate of drug-likeness (QED) is 0.882. The van der Waals surface area contributed by atoms with Gasteiger partial charge in [0.25, 0.3) is 0 Å². The number of carboxylic acids is 1. The van der Waals surface area contributed by atoms with E-state index in [1.807, 2.05) is 32.6 Å². The van der Waals surface area contributed by atoms with E-state index in [0.29, 0.717) is 12.5 Å². The van der Waals surface area contributed by atoms with Crippen LogP contribution < -0.4 is 0 Å². The van der Waals surface area contributed by atoms with E-state index >= 15 is 0 Å². The predicted octanol–water partition coefficient (Wildman–Crippen LogP) is 2.48. The lowest BCUT2D eigenvalue weighted by Crippen LogP contribution is -2.24.